The molecule has 0 saturated carbocycles. The molecule has 1 unspecified atom stereocenters. The van der Waals surface area contributed by atoms with Crippen molar-refractivity contribution < 1.29 is 16.8 Å². The highest BCUT2D eigenvalue weighted by Crippen LogP contribution is 2.39. The lowest BCUT2D eigenvalue weighted by Gasteiger charge is -2.22. The lowest BCUT2D eigenvalue weighted by atomic mass is 10.0. The van der Waals surface area contributed by atoms with Crippen LogP contribution in [0.3, 0.4) is 0 Å². The second kappa shape index (κ2) is 8.86. The fraction of sp³-hybridized carbons (Fsp3) is 0.190. The number of hydrogen-bond acceptors (Lipinski definition) is 6. The standard InChI is InChI=1S/C21H20ClN3O4S3/c1-2-31(26,27)24-17-8-3-6-15(12-17)19-14-20(21-10-5-11-30-21)25(23-19)32(28,29)18-9-4-7-16(22)13-18/h3-13,20,24H,2,14H2,1H3. The third-order valence-corrected chi connectivity index (χ3v) is 9.13. The molecule has 32 heavy (non-hydrogen) atoms. The number of nitrogens with one attached hydrogen (secondary N) is 1. The molecule has 0 bridgehead atoms. The molecular formula is C21H20ClN3O4S3. The molecule has 4 rings (SSSR count). The SMILES string of the molecule is CCS(=O)(=O)Nc1cccc(C2=NN(S(=O)(=O)c3cccc(Cl)c3)C(c3cccs3)C2)c1. The Kier molecular flexibility index (Phi) is 6.30. The van der Waals surface area contributed by atoms with Gasteiger partial charge in [-0.3, -0.25) is 4.72 Å². The number of nitrogens with zero attached hydrogens (tertiary/aromatic N) is 2. The zero-order valence-corrected chi connectivity index (χ0v) is 20.2. The number of hydrogen-bond donors (Lipinski definition) is 1. The average molecular weight is 510 g/mol. The molecule has 0 saturated heterocycles. The van der Waals surface area contributed by atoms with Crippen molar-refractivity contribution in [3.05, 3.63) is 81.5 Å². The van der Waals surface area contributed by atoms with E-state index in [1.807, 2.05) is 17.5 Å². The van der Waals surface area contributed by atoms with Crippen LogP contribution in [0.25, 0.3) is 0 Å². The van der Waals surface area contributed by atoms with Crippen LogP contribution in [0.5, 0.6) is 0 Å². The van der Waals surface area contributed by atoms with E-state index in [4.69, 9.17) is 11.6 Å². The first-order valence-corrected chi connectivity index (χ1v) is 14.1. The molecule has 1 aromatic heterocycles. The van der Waals surface area contributed by atoms with Crippen LogP contribution in [0.1, 0.15) is 29.8 Å². The highest BCUT2D eigenvalue weighted by Gasteiger charge is 2.38. The molecule has 2 heterocycles. The number of rotatable bonds is 7. The predicted molar refractivity (Wildman–Crippen MR) is 128 cm³/mol. The van der Waals surface area contributed by atoms with Gasteiger partial charge < -0.3 is 0 Å². The molecular weight excluding hydrogens is 490 g/mol. The van der Waals surface area contributed by atoms with Gasteiger partial charge in [0.1, 0.15) is 6.04 Å². The summed E-state index contributed by atoms with van der Waals surface area (Å²) < 4.78 is 54.4. The van der Waals surface area contributed by atoms with Crippen LogP contribution in [0.4, 0.5) is 5.69 Å². The first-order valence-electron chi connectivity index (χ1n) is 9.71. The van der Waals surface area contributed by atoms with Crippen molar-refractivity contribution >= 4 is 54.4 Å². The summed E-state index contributed by atoms with van der Waals surface area (Å²) in [5, 5.41) is 6.68. The number of hydrazone groups is 1. The minimum Gasteiger partial charge on any atom is -0.284 e. The first kappa shape index (κ1) is 22.8. The molecule has 1 aliphatic rings. The van der Waals surface area contributed by atoms with Crippen LogP contribution in [-0.4, -0.2) is 32.7 Å². The molecule has 11 heteroatoms. The van der Waals surface area contributed by atoms with Crippen molar-refractivity contribution in [2.24, 2.45) is 5.10 Å². The van der Waals surface area contributed by atoms with Gasteiger partial charge in [0.15, 0.2) is 0 Å². The molecule has 0 aliphatic carbocycles. The van der Waals surface area contributed by atoms with E-state index in [1.165, 1.54) is 23.5 Å². The molecule has 2 aromatic carbocycles. The van der Waals surface area contributed by atoms with Gasteiger partial charge in [-0.15, -0.1) is 11.3 Å². The van der Waals surface area contributed by atoms with Crippen molar-refractivity contribution in [3.63, 3.8) is 0 Å². The minimum absolute atomic E-state index is 0.0513. The van der Waals surface area contributed by atoms with E-state index in [9.17, 15) is 16.8 Å². The lowest BCUT2D eigenvalue weighted by molar-refractivity contribution is 0.375. The fourth-order valence-electron chi connectivity index (χ4n) is 3.33. The molecule has 1 N–H and O–H groups in total. The van der Waals surface area contributed by atoms with Gasteiger partial charge in [-0.2, -0.15) is 17.9 Å². The van der Waals surface area contributed by atoms with E-state index < -0.39 is 26.1 Å². The Morgan fingerprint density at radius 2 is 1.88 bits per heavy atom. The monoisotopic (exact) mass is 509 g/mol. The van der Waals surface area contributed by atoms with Crippen molar-refractivity contribution in [2.75, 3.05) is 10.5 Å². The molecule has 1 atom stereocenters. The van der Waals surface area contributed by atoms with Gasteiger partial charge in [0.05, 0.1) is 16.4 Å². The molecule has 0 fully saturated rings. The van der Waals surface area contributed by atoms with E-state index in [0.29, 0.717) is 28.4 Å². The first-order chi connectivity index (χ1) is 15.2. The normalized spacial score (nSPS) is 16.8. The Morgan fingerprint density at radius 3 is 2.56 bits per heavy atom. The van der Waals surface area contributed by atoms with Gasteiger partial charge in [-0.25, -0.2) is 8.42 Å². The van der Waals surface area contributed by atoms with E-state index in [0.717, 1.165) is 9.29 Å². The summed E-state index contributed by atoms with van der Waals surface area (Å²) in [5.74, 6) is -0.0513. The quantitative estimate of drug-likeness (QED) is 0.499. The van der Waals surface area contributed by atoms with Gasteiger partial charge in [0.25, 0.3) is 10.0 Å². The van der Waals surface area contributed by atoms with Gasteiger partial charge in [-0.1, -0.05) is 35.9 Å². The summed E-state index contributed by atoms with van der Waals surface area (Å²) in [4.78, 5) is 0.915. The number of benzene rings is 2. The molecule has 0 spiro atoms. The number of anilines is 1. The van der Waals surface area contributed by atoms with Crippen LogP contribution in [0.15, 0.2) is 76.0 Å². The molecule has 168 valence electrons. The average Bonchev–Trinajstić information content (AvgIpc) is 3.44. The second-order valence-corrected chi connectivity index (χ2v) is 12.3. The smallest absolute Gasteiger partial charge is 0.279 e. The number of thiophene rings is 1. The highest BCUT2D eigenvalue weighted by atomic mass is 35.5. The largest absolute Gasteiger partial charge is 0.284 e. The second-order valence-electron chi connectivity index (χ2n) is 7.10. The Labute approximate surface area is 196 Å². The third kappa shape index (κ3) is 4.68. The van der Waals surface area contributed by atoms with Crippen molar-refractivity contribution in [3.8, 4) is 0 Å². The zero-order valence-electron chi connectivity index (χ0n) is 17.0. The Bertz CT molecular complexity index is 1370. The third-order valence-electron chi connectivity index (χ3n) is 4.93. The Balaban J connectivity index is 1.75. The number of halogens is 1. The Hall–Kier alpha value is -2.40. The van der Waals surface area contributed by atoms with Gasteiger partial charge >= 0.3 is 0 Å². The van der Waals surface area contributed by atoms with E-state index in [1.54, 1.807) is 43.3 Å². The highest BCUT2D eigenvalue weighted by molar-refractivity contribution is 7.92. The predicted octanol–water partition coefficient (Wildman–Crippen LogP) is 4.70. The Morgan fingerprint density at radius 1 is 1.09 bits per heavy atom. The van der Waals surface area contributed by atoms with Crippen LogP contribution >= 0.6 is 22.9 Å². The van der Waals surface area contributed by atoms with E-state index in [2.05, 4.69) is 9.82 Å². The summed E-state index contributed by atoms with van der Waals surface area (Å²) in [6.45, 7) is 1.55. The topological polar surface area (TPSA) is 95.9 Å². The molecule has 0 radical (unpaired) electrons. The van der Waals surface area contributed by atoms with E-state index in [-0.39, 0.29) is 10.6 Å². The molecule has 3 aromatic rings. The summed E-state index contributed by atoms with van der Waals surface area (Å²) in [5.41, 5.74) is 1.59. The maximum atomic E-state index is 13.4. The summed E-state index contributed by atoms with van der Waals surface area (Å²) in [6.07, 6.45) is 0.351. The minimum atomic E-state index is -3.96. The number of sulfonamides is 2. The summed E-state index contributed by atoms with van der Waals surface area (Å²) in [7, 11) is -7.40. The maximum Gasteiger partial charge on any atom is 0.279 e. The van der Waals surface area contributed by atoms with Gasteiger partial charge in [0.2, 0.25) is 10.0 Å². The fourth-order valence-corrected chi connectivity index (χ4v) is 6.56. The van der Waals surface area contributed by atoms with Crippen LogP contribution in [0, 0.1) is 0 Å². The zero-order chi connectivity index (χ0) is 22.9. The van der Waals surface area contributed by atoms with Crippen LogP contribution < -0.4 is 4.72 Å². The van der Waals surface area contributed by atoms with Gasteiger partial charge in [-0.05, 0) is 54.3 Å². The van der Waals surface area contributed by atoms with Crippen LogP contribution in [-0.2, 0) is 20.0 Å². The van der Waals surface area contributed by atoms with E-state index >= 15 is 0 Å². The maximum absolute atomic E-state index is 13.4. The van der Waals surface area contributed by atoms with Gasteiger partial charge in [0, 0.05) is 22.0 Å². The van der Waals surface area contributed by atoms with Crippen molar-refractivity contribution in [2.45, 2.75) is 24.3 Å². The van der Waals surface area contributed by atoms with Crippen LogP contribution in [0.2, 0.25) is 5.02 Å². The van der Waals surface area contributed by atoms with Crippen molar-refractivity contribution in [1.29, 1.82) is 0 Å². The summed E-state index contributed by atoms with van der Waals surface area (Å²) in [6, 6.07) is 16.1. The summed E-state index contributed by atoms with van der Waals surface area (Å²) >= 11 is 7.48. The van der Waals surface area contributed by atoms with Crippen molar-refractivity contribution in [1.82, 2.24) is 4.41 Å². The molecule has 0 amide bonds. The lowest BCUT2D eigenvalue weighted by Crippen LogP contribution is -2.26. The molecule has 1 aliphatic heterocycles. The molecule has 7 nitrogen and oxygen atoms in total.